The van der Waals surface area contributed by atoms with Crippen LogP contribution in [0.4, 0.5) is 0 Å². The van der Waals surface area contributed by atoms with Gasteiger partial charge in [0.25, 0.3) is 0 Å². The second-order valence-corrected chi connectivity index (χ2v) is 6.90. The molecule has 0 aromatic heterocycles. The molecule has 1 fully saturated rings. The molecule has 106 valence electrons. The van der Waals surface area contributed by atoms with Crippen LogP contribution in [0.5, 0.6) is 5.75 Å². The third kappa shape index (κ3) is 3.02. The molecule has 0 amide bonds. The van der Waals surface area contributed by atoms with Crippen molar-refractivity contribution >= 4 is 21.6 Å². The highest BCUT2D eigenvalue weighted by molar-refractivity contribution is 7.89. The number of ether oxygens (including phenoxy) is 1. The Balaban J connectivity index is 2.39. The van der Waals surface area contributed by atoms with Gasteiger partial charge < -0.3 is 10.5 Å². The lowest BCUT2D eigenvalue weighted by Gasteiger charge is -2.30. The summed E-state index contributed by atoms with van der Waals surface area (Å²) >= 11 is 5.85. The summed E-state index contributed by atoms with van der Waals surface area (Å²) in [4.78, 5) is 0.133. The van der Waals surface area contributed by atoms with Crippen LogP contribution in [0.15, 0.2) is 23.1 Å². The molecule has 0 aliphatic carbocycles. The molecule has 7 heteroatoms. The number of methoxy groups -OCH3 is 1. The van der Waals surface area contributed by atoms with Gasteiger partial charge in [-0.3, -0.25) is 0 Å². The van der Waals surface area contributed by atoms with Crippen LogP contribution in [0.2, 0.25) is 5.02 Å². The number of hydrogen-bond acceptors (Lipinski definition) is 4. The van der Waals surface area contributed by atoms with E-state index in [-0.39, 0.29) is 16.7 Å². The molecule has 5 nitrogen and oxygen atoms in total. The highest BCUT2D eigenvalue weighted by Crippen LogP contribution is 2.30. The van der Waals surface area contributed by atoms with Gasteiger partial charge in [-0.25, -0.2) is 8.42 Å². The number of hydrogen-bond donors (Lipinski definition) is 1. The molecule has 1 aromatic carbocycles. The van der Waals surface area contributed by atoms with E-state index in [0.29, 0.717) is 18.1 Å². The van der Waals surface area contributed by atoms with E-state index in [4.69, 9.17) is 22.1 Å². The molecular formula is C12H17ClN2O3S. The Bertz CT molecular complexity index is 562. The van der Waals surface area contributed by atoms with Crippen molar-refractivity contribution in [3.8, 4) is 5.75 Å². The summed E-state index contributed by atoms with van der Waals surface area (Å²) < 4.78 is 31.7. The number of nitrogens with two attached hydrogens (primary N) is 1. The van der Waals surface area contributed by atoms with E-state index in [0.717, 1.165) is 12.8 Å². The highest BCUT2D eigenvalue weighted by atomic mass is 35.5. The molecule has 1 aliphatic heterocycles. The van der Waals surface area contributed by atoms with Crippen LogP contribution in [0.1, 0.15) is 12.8 Å². The molecule has 0 bridgehead atoms. The van der Waals surface area contributed by atoms with E-state index in [9.17, 15) is 8.42 Å². The van der Waals surface area contributed by atoms with E-state index in [2.05, 4.69) is 0 Å². The maximum Gasteiger partial charge on any atom is 0.246 e. The van der Waals surface area contributed by atoms with Gasteiger partial charge >= 0.3 is 0 Å². The molecule has 2 rings (SSSR count). The van der Waals surface area contributed by atoms with Crippen LogP contribution in [0.3, 0.4) is 0 Å². The number of nitrogens with zero attached hydrogens (tertiary/aromatic N) is 1. The predicted octanol–water partition coefficient (Wildman–Crippen LogP) is 1.46. The Morgan fingerprint density at radius 3 is 2.84 bits per heavy atom. The first kappa shape index (κ1) is 14.6. The van der Waals surface area contributed by atoms with Crippen molar-refractivity contribution in [2.75, 3.05) is 20.2 Å². The molecule has 19 heavy (non-hydrogen) atoms. The van der Waals surface area contributed by atoms with Crippen LogP contribution in [0.25, 0.3) is 0 Å². The smallest absolute Gasteiger partial charge is 0.246 e. The number of halogens is 1. The second-order valence-electron chi connectivity index (χ2n) is 4.56. The van der Waals surface area contributed by atoms with Gasteiger partial charge in [0, 0.05) is 30.2 Å². The lowest BCUT2D eigenvalue weighted by Crippen LogP contribution is -2.45. The molecule has 0 spiro atoms. The van der Waals surface area contributed by atoms with Crippen molar-refractivity contribution in [3.63, 3.8) is 0 Å². The zero-order valence-electron chi connectivity index (χ0n) is 10.7. The van der Waals surface area contributed by atoms with E-state index >= 15 is 0 Å². The summed E-state index contributed by atoms with van der Waals surface area (Å²) in [6.07, 6.45) is 1.63. The van der Waals surface area contributed by atoms with Crippen LogP contribution in [-0.2, 0) is 10.0 Å². The minimum Gasteiger partial charge on any atom is -0.495 e. The summed E-state index contributed by atoms with van der Waals surface area (Å²) in [5.41, 5.74) is 5.84. The first-order valence-electron chi connectivity index (χ1n) is 6.04. The van der Waals surface area contributed by atoms with Gasteiger partial charge in [0.15, 0.2) is 0 Å². The monoisotopic (exact) mass is 304 g/mol. The molecular weight excluding hydrogens is 288 g/mol. The average Bonchev–Trinajstić information content (AvgIpc) is 2.38. The van der Waals surface area contributed by atoms with Gasteiger partial charge in [0.05, 0.1) is 7.11 Å². The minimum atomic E-state index is -3.58. The highest BCUT2D eigenvalue weighted by Gasteiger charge is 2.31. The predicted molar refractivity (Wildman–Crippen MR) is 74.0 cm³/mol. The Labute approximate surface area is 118 Å². The largest absolute Gasteiger partial charge is 0.495 e. The molecule has 1 heterocycles. The van der Waals surface area contributed by atoms with Crippen molar-refractivity contribution in [2.24, 2.45) is 5.73 Å². The van der Waals surface area contributed by atoms with Gasteiger partial charge in [0.2, 0.25) is 10.0 Å². The van der Waals surface area contributed by atoms with Gasteiger partial charge in [-0.1, -0.05) is 11.6 Å². The quantitative estimate of drug-likeness (QED) is 0.917. The molecule has 1 saturated heterocycles. The van der Waals surface area contributed by atoms with Crippen molar-refractivity contribution < 1.29 is 13.2 Å². The summed E-state index contributed by atoms with van der Waals surface area (Å²) in [6, 6.07) is 4.40. The number of sulfonamides is 1. The summed E-state index contributed by atoms with van der Waals surface area (Å²) in [5, 5.41) is 0.436. The number of benzene rings is 1. The SMILES string of the molecule is COc1cc(Cl)ccc1S(=O)(=O)N1CCC[C@@H](N)C1. The van der Waals surface area contributed by atoms with E-state index in [1.165, 1.54) is 23.5 Å². The molecule has 2 N–H and O–H groups in total. The Kier molecular flexibility index (Phi) is 4.35. The number of rotatable bonds is 3. The summed E-state index contributed by atoms with van der Waals surface area (Å²) in [6.45, 7) is 0.829. The molecule has 0 unspecified atom stereocenters. The fourth-order valence-corrected chi connectivity index (χ4v) is 4.02. The van der Waals surface area contributed by atoms with Crippen LogP contribution >= 0.6 is 11.6 Å². The maximum atomic E-state index is 12.6. The van der Waals surface area contributed by atoms with Crippen molar-refractivity contribution in [2.45, 2.75) is 23.8 Å². The fourth-order valence-electron chi connectivity index (χ4n) is 2.19. The molecule has 0 radical (unpaired) electrons. The molecule has 0 saturated carbocycles. The lowest BCUT2D eigenvalue weighted by molar-refractivity contribution is 0.314. The normalized spacial score (nSPS) is 21.3. The van der Waals surface area contributed by atoms with Gasteiger partial charge in [-0.2, -0.15) is 4.31 Å². The molecule has 1 atom stereocenters. The van der Waals surface area contributed by atoms with E-state index in [1.807, 2.05) is 0 Å². The lowest BCUT2D eigenvalue weighted by atomic mass is 10.1. The zero-order valence-corrected chi connectivity index (χ0v) is 12.2. The number of piperidine rings is 1. The van der Waals surface area contributed by atoms with Crippen LogP contribution in [0, 0.1) is 0 Å². The third-order valence-electron chi connectivity index (χ3n) is 3.16. The summed E-state index contributed by atoms with van der Waals surface area (Å²) in [7, 11) is -2.16. The standard InChI is InChI=1S/C12H17ClN2O3S/c1-18-11-7-9(13)4-5-12(11)19(16,17)15-6-2-3-10(14)8-15/h4-5,7,10H,2-3,6,8,14H2,1H3/t10-/m1/s1. The van der Waals surface area contributed by atoms with E-state index in [1.54, 1.807) is 6.07 Å². The first-order chi connectivity index (χ1) is 8.95. The third-order valence-corrected chi connectivity index (χ3v) is 5.30. The Morgan fingerprint density at radius 2 is 2.21 bits per heavy atom. The Hall–Kier alpha value is -0.820. The molecule has 1 aliphatic rings. The van der Waals surface area contributed by atoms with E-state index < -0.39 is 10.0 Å². The van der Waals surface area contributed by atoms with Crippen molar-refractivity contribution in [1.29, 1.82) is 0 Å². The van der Waals surface area contributed by atoms with Gasteiger partial charge in [0.1, 0.15) is 10.6 Å². The van der Waals surface area contributed by atoms with Crippen LogP contribution in [-0.4, -0.2) is 39.0 Å². The van der Waals surface area contributed by atoms with Crippen molar-refractivity contribution in [1.82, 2.24) is 4.31 Å². The fraction of sp³-hybridized carbons (Fsp3) is 0.500. The van der Waals surface area contributed by atoms with Crippen LogP contribution < -0.4 is 10.5 Å². The second kappa shape index (κ2) is 5.66. The van der Waals surface area contributed by atoms with Gasteiger partial charge in [-0.05, 0) is 25.0 Å². The Morgan fingerprint density at radius 1 is 1.47 bits per heavy atom. The zero-order chi connectivity index (χ0) is 14.0. The minimum absolute atomic E-state index is 0.109. The van der Waals surface area contributed by atoms with Crippen molar-refractivity contribution in [3.05, 3.63) is 23.2 Å². The summed E-state index contributed by atoms with van der Waals surface area (Å²) in [5.74, 6) is 0.256. The average molecular weight is 305 g/mol. The van der Waals surface area contributed by atoms with Gasteiger partial charge in [-0.15, -0.1) is 0 Å². The molecule has 1 aromatic rings. The topological polar surface area (TPSA) is 72.6 Å². The first-order valence-corrected chi connectivity index (χ1v) is 7.86. The maximum absolute atomic E-state index is 12.6.